The van der Waals surface area contributed by atoms with Crippen molar-refractivity contribution in [2.75, 3.05) is 11.9 Å². The summed E-state index contributed by atoms with van der Waals surface area (Å²) in [7, 11) is 0. The summed E-state index contributed by atoms with van der Waals surface area (Å²) in [6.07, 6.45) is 8.16. The number of carbonyl (C=O) groups excluding carboxylic acids is 2. The molecule has 0 spiro atoms. The van der Waals surface area contributed by atoms with Gasteiger partial charge in [0.15, 0.2) is 12.4 Å². The topological polar surface area (TPSA) is 64.6 Å². The van der Waals surface area contributed by atoms with Gasteiger partial charge in [0.05, 0.1) is 11.8 Å². The summed E-state index contributed by atoms with van der Waals surface area (Å²) in [6, 6.07) is 12.8. The van der Waals surface area contributed by atoms with E-state index in [9.17, 15) is 9.59 Å². The summed E-state index contributed by atoms with van der Waals surface area (Å²) in [6.45, 7) is -0.00201. The lowest BCUT2D eigenvalue weighted by molar-refractivity contribution is -0.118. The smallest absolute Gasteiger partial charge is 0.262 e. The third kappa shape index (κ3) is 4.03. The van der Waals surface area contributed by atoms with Gasteiger partial charge >= 0.3 is 0 Å². The quantitative estimate of drug-likeness (QED) is 0.638. The maximum Gasteiger partial charge on any atom is 0.262 e. The van der Waals surface area contributed by atoms with E-state index in [1.54, 1.807) is 24.3 Å². The SMILES string of the molecule is O=C1COc2ccc(C(=O)/C=C/c3ccccc3OC3CCCC3)cc2N1. The number of hydrogen-bond acceptors (Lipinski definition) is 4. The molecule has 0 atom stereocenters. The molecule has 1 fully saturated rings. The molecular formula is C22H21NO4. The fourth-order valence-electron chi connectivity index (χ4n) is 3.41. The minimum absolute atomic E-state index is 0.00201. The minimum Gasteiger partial charge on any atom is -0.490 e. The Morgan fingerprint density at radius 1 is 1.15 bits per heavy atom. The van der Waals surface area contributed by atoms with E-state index in [1.807, 2.05) is 24.3 Å². The van der Waals surface area contributed by atoms with Crippen LogP contribution in [-0.2, 0) is 4.79 Å². The molecule has 0 aromatic heterocycles. The van der Waals surface area contributed by atoms with Crippen molar-refractivity contribution >= 4 is 23.5 Å². The molecule has 1 aliphatic carbocycles. The Morgan fingerprint density at radius 3 is 2.81 bits per heavy atom. The molecule has 1 N–H and O–H groups in total. The van der Waals surface area contributed by atoms with Gasteiger partial charge in [-0.2, -0.15) is 0 Å². The Kier molecular flexibility index (Phi) is 4.92. The van der Waals surface area contributed by atoms with Crippen LogP contribution in [0.5, 0.6) is 11.5 Å². The van der Waals surface area contributed by atoms with Crippen molar-refractivity contribution in [3.63, 3.8) is 0 Å². The molecule has 0 bridgehead atoms. The molecule has 1 saturated carbocycles. The van der Waals surface area contributed by atoms with Crippen molar-refractivity contribution in [1.29, 1.82) is 0 Å². The summed E-state index contributed by atoms with van der Waals surface area (Å²) in [4.78, 5) is 24.0. The second-order valence-electron chi connectivity index (χ2n) is 6.81. The van der Waals surface area contributed by atoms with Gasteiger partial charge in [-0.25, -0.2) is 0 Å². The Hall–Kier alpha value is -3.08. The average molecular weight is 363 g/mol. The number of allylic oxidation sites excluding steroid dienone is 1. The number of carbonyl (C=O) groups is 2. The van der Waals surface area contributed by atoms with Gasteiger partial charge in [-0.1, -0.05) is 18.2 Å². The normalized spacial score (nSPS) is 16.7. The first-order valence-corrected chi connectivity index (χ1v) is 9.24. The third-order valence-corrected chi connectivity index (χ3v) is 4.83. The van der Waals surface area contributed by atoms with Gasteiger partial charge in [0.25, 0.3) is 5.91 Å². The summed E-state index contributed by atoms with van der Waals surface area (Å²) in [5, 5.41) is 2.72. The summed E-state index contributed by atoms with van der Waals surface area (Å²) < 4.78 is 11.4. The first kappa shape index (κ1) is 17.3. The van der Waals surface area contributed by atoms with Gasteiger partial charge in [-0.15, -0.1) is 0 Å². The first-order valence-electron chi connectivity index (χ1n) is 9.24. The highest BCUT2D eigenvalue weighted by molar-refractivity contribution is 6.08. The molecule has 4 rings (SSSR count). The van der Waals surface area contributed by atoms with Gasteiger partial charge in [0, 0.05) is 11.1 Å². The molecule has 5 heteroatoms. The Balaban J connectivity index is 1.50. The van der Waals surface area contributed by atoms with Crippen LogP contribution in [-0.4, -0.2) is 24.4 Å². The van der Waals surface area contributed by atoms with E-state index >= 15 is 0 Å². The van der Waals surface area contributed by atoms with E-state index in [2.05, 4.69) is 5.32 Å². The molecule has 138 valence electrons. The van der Waals surface area contributed by atoms with Crippen LogP contribution in [0, 0.1) is 0 Å². The van der Waals surface area contributed by atoms with Gasteiger partial charge in [-0.05, 0) is 62.1 Å². The van der Waals surface area contributed by atoms with Gasteiger partial charge in [0.2, 0.25) is 0 Å². The third-order valence-electron chi connectivity index (χ3n) is 4.83. The van der Waals surface area contributed by atoms with E-state index in [-0.39, 0.29) is 24.4 Å². The summed E-state index contributed by atoms with van der Waals surface area (Å²) >= 11 is 0. The van der Waals surface area contributed by atoms with E-state index in [0.717, 1.165) is 24.2 Å². The number of para-hydroxylation sites is 1. The van der Waals surface area contributed by atoms with E-state index in [1.165, 1.54) is 18.9 Å². The van der Waals surface area contributed by atoms with Gasteiger partial charge in [0.1, 0.15) is 11.5 Å². The Labute approximate surface area is 158 Å². The lowest BCUT2D eigenvalue weighted by Gasteiger charge is -2.18. The second-order valence-corrected chi connectivity index (χ2v) is 6.81. The molecule has 0 unspecified atom stereocenters. The molecule has 2 aromatic carbocycles. The lowest BCUT2D eigenvalue weighted by atomic mass is 10.1. The van der Waals surface area contributed by atoms with Crippen LogP contribution in [0.15, 0.2) is 48.5 Å². The highest BCUT2D eigenvalue weighted by Crippen LogP contribution is 2.30. The van der Waals surface area contributed by atoms with Gasteiger partial charge < -0.3 is 14.8 Å². The Morgan fingerprint density at radius 2 is 1.96 bits per heavy atom. The van der Waals surface area contributed by atoms with Crippen LogP contribution in [0.25, 0.3) is 6.08 Å². The number of amides is 1. The average Bonchev–Trinajstić information content (AvgIpc) is 3.19. The standard InChI is InChI=1S/C22H21NO4/c24-19(16-10-12-21-18(13-16)23-22(25)14-26-21)11-9-15-5-1-4-8-20(15)27-17-6-2-3-7-17/h1,4-5,8-13,17H,2-3,6-7,14H2,(H,23,25)/b11-9+. The molecule has 2 aliphatic rings. The van der Waals surface area contributed by atoms with Gasteiger partial charge in [-0.3, -0.25) is 9.59 Å². The highest BCUT2D eigenvalue weighted by atomic mass is 16.5. The number of nitrogens with one attached hydrogen (secondary N) is 1. The van der Waals surface area contributed by atoms with Crippen molar-refractivity contribution in [3.8, 4) is 11.5 Å². The number of fused-ring (bicyclic) bond motifs is 1. The van der Waals surface area contributed by atoms with Crippen molar-refractivity contribution in [2.45, 2.75) is 31.8 Å². The van der Waals surface area contributed by atoms with Crippen LogP contribution >= 0.6 is 0 Å². The van der Waals surface area contributed by atoms with E-state index < -0.39 is 0 Å². The van der Waals surface area contributed by atoms with E-state index in [0.29, 0.717) is 17.0 Å². The largest absolute Gasteiger partial charge is 0.490 e. The minimum atomic E-state index is -0.222. The number of rotatable bonds is 5. The molecule has 1 heterocycles. The number of ether oxygens (including phenoxy) is 2. The molecule has 0 saturated heterocycles. The molecule has 1 amide bonds. The predicted octanol–water partition coefficient (Wildman–Crippen LogP) is 4.24. The molecule has 2 aromatic rings. The molecule has 27 heavy (non-hydrogen) atoms. The zero-order valence-corrected chi connectivity index (χ0v) is 14.9. The molecule has 5 nitrogen and oxygen atoms in total. The molecule has 0 radical (unpaired) electrons. The second kappa shape index (κ2) is 7.66. The van der Waals surface area contributed by atoms with Crippen molar-refractivity contribution in [2.24, 2.45) is 0 Å². The van der Waals surface area contributed by atoms with Crippen LogP contribution in [0.1, 0.15) is 41.6 Å². The number of ketones is 1. The number of hydrogen-bond donors (Lipinski definition) is 1. The van der Waals surface area contributed by atoms with Crippen LogP contribution < -0.4 is 14.8 Å². The van der Waals surface area contributed by atoms with Crippen molar-refractivity contribution in [3.05, 3.63) is 59.7 Å². The maximum atomic E-state index is 12.6. The fourth-order valence-corrected chi connectivity index (χ4v) is 3.41. The molecule has 1 aliphatic heterocycles. The maximum absolute atomic E-state index is 12.6. The fraction of sp³-hybridized carbons (Fsp3) is 0.273. The summed E-state index contributed by atoms with van der Waals surface area (Å²) in [5.41, 5.74) is 1.90. The number of anilines is 1. The van der Waals surface area contributed by atoms with E-state index in [4.69, 9.17) is 9.47 Å². The van der Waals surface area contributed by atoms with Crippen LogP contribution in [0.3, 0.4) is 0 Å². The van der Waals surface area contributed by atoms with Crippen molar-refractivity contribution < 1.29 is 19.1 Å². The predicted molar refractivity (Wildman–Crippen MR) is 103 cm³/mol. The highest BCUT2D eigenvalue weighted by Gasteiger charge is 2.18. The van der Waals surface area contributed by atoms with Crippen molar-refractivity contribution in [1.82, 2.24) is 0 Å². The van der Waals surface area contributed by atoms with Crippen LogP contribution in [0.2, 0.25) is 0 Å². The monoisotopic (exact) mass is 363 g/mol. The lowest BCUT2D eigenvalue weighted by Crippen LogP contribution is -2.25. The first-order chi connectivity index (χ1) is 13.2. The zero-order valence-electron chi connectivity index (χ0n) is 14.9. The summed E-state index contributed by atoms with van der Waals surface area (Å²) in [5.74, 6) is 1.01. The number of benzene rings is 2. The van der Waals surface area contributed by atoms with Crippen LogP contribution in [0.4, 0.5) is 5.69 Å². The zero-order chi connectivity index (χ0) is 18.6. The Bertz CT molecular complexity index is 897. The molecular weight excluding hydrogens is 342 g/mol.